The highest BCUT2D eigenvalue weighted by Gasteiger charge is 2.10. The van der Waals surface area contributed by atoms with E-state index in [1.54, 1.807) is 31.2 Å². The van der Waals surface area contributed by atoms with Crippen LogP contribution in [-0.4, -0.2) is 5.11 Å². The Bertz CT molecular complexity index is 568. The van der Waals surface area contributed by atoms with E-state index in [4.69, 9.17) is 4.74 Å². The highest BCUT2D eigenvalue weighted by atomic mass is 19.1. The number of benzene rings is 2. The minimum atomic E-state index is -0.687. The van der Waals surface area contributed by atoms with E-state index in [9.17, 15) is 13.9 Å². The van der Waals surface area contributed by atoms with Gasteiger partial charge in [-0.25, -0.2) is 8.78 Å². The third-order valence-corrected chi connectivity index (χ3v) is 2.76. The van der Waals surface area contributed by atoms with Crippen LogP contribution in [0.2, 0.25) is 0 Å². The maximum Gasteiger partial charge on any atom is 0.130 e. The van der Waals surface area contributed by atoms with Gasteiger partial charge in [0.1, 0.15) is 24.0 Å². The summed E-state index contributed by atoms with van der Waals surface area (Å²) in [5, 5.41) is 9.59. The van der Waals surface area contributed by atoms with Crippen molar-refractivity contribution in [3.8, 4) is 5.75 Å². The summed E-state index contributed by atoms with van der Waals surface area (Å²) >= 11 is 0. The summed E-state index contributed by atoms with van der Waals surface area (Å²) < 4.78 is 31.9. The fourth-order valence-corrected chi connectivity index (χ4v) is 1.77. The molecule has 0 aliphatic heterocycles. The Morgan fingerprint density at radius 1 is 1.16 bits per heavy atom. The van der Waals surface area contributed by atoms with Crippen LogP contribution in [0, 0.1) is 11.6 Å². The molecule has 2 aromatic carbocycles. The second kappa shape index (κ2) is 5.80. The van der Waals surface area contributed by atoms with E-state index in [-0.39, 0.29) is 12.2 Å². The Labute approximate surface area is 110 Å². The molecule has 0 saturated heterocycles. The topological polar surface area (TPSA) is 29.5 Å². The van der Waals surface area contributed by atoms with Crippen molar-refractivity contribution in [2.75, 3.05) is 0 Å². The number of aliphatic hydroxyl groups excluding tert-OH is 1. The molecule has 19 heavy (non-hydrogen) atoms. The summed E-state index contributed by atoms with van der Waals surface area (Å²) in [5.74, 6) is -0.569. The van der Waals surface area contributed by atoms with E-state index in [0.29, 0.717) is 11.3 Å². The fourth-order valence-electron chi connectivity index (χ4n) is 1.77. The molecule has 2 rings (SSSR count). The SMILES string of the molecule is C[C@@H](O)c1ccccc1OCc1cc(F)ccc1F. The van der Waals surface area contributed by atoms with Crippen LogP contribution in [0.1, 0.15) is 24.2 Å². The molecule has 4 heteroatoms. The zero-order valence-electron chi connectivity index (χ0n) is 10.4. The average Bonchev–Trinajstić information content (AvgIpc) is 2.40. The number of rotatable bonds is 4. The van der Waals surface area contributed by atoms with Crippen molar-refractivity contribution in [1.82, 2.24) is 0 Å². The smallest absolute Gasteiger partial charge is 0.130 e. The molecule has 2 aromatic rings. The van der Waals surface area contributed by atoms with Crippen molar-refractivity contribution in [3.05, 3.63) is 65.2 Å². The Morgan fingerprint density at radius 2 is 1.89 bits per heavy atom. The molecule has 0 bridgehead atoms. The lowest BCUT2D eigenvalue weighted by Crippen LogP contribution is -2.02. The van der Waals surface area contributed by atoms with Gasteiger partial charge in [0.2, 0.25) is 0 Å². The van der Waals surface area contributed by atoms with Crippen molar-refractivity contribution in [1.29, 1.82) is 0 Å². The zero-order valence-corrected chi connectivity index (χ0v) is 10.4. The number of hydrogen-bond donors (Lipinski definition) is 1. The first kappa shape index (κ1) is 13.5. The largest absolute Gasteiger partial charge is 0.488 e. The molecule has 0 saturated carbocycles. The first-order valence-corrected chi connectivity index (χ1v) is 5.91. The Balaban J connectivity index is 2.17. The lowest BCUT2D eigenvalue weighted by molar-refractivity contribution is 0.190. The first-order chi connectivity index (χ1) is 9.08. The monoisotopic (exact) mass is 264 g/mol. The third-order valence-electron chi connectivity index (χ3n) is 2.76. The van der Waals surface area contributed by atoms with Crippen LogP contribution in [0.15, 0.2) is 42.5 Å². The minimum Gasteiger partial charge on any atom is -0.488 e. The highest BCUT2D eigenvalue weighted by Crippen LogP contribution is 2.25. The fraction of sp³-hybridized carbons (Fsp3) is 0.200. The molecule has 2 nitrogen and oxygen atoms in total. The minimum absolute atomic E-state index is 0.0900. The number of hydrogen-bond acceptors (Lipinski definition) is 2. The van der Waals surface area contributed by atoms with Gasteiger partial charge in [-0.1, -0.05) is 18.2 Å². The van der Waals surface area contributed by atoms with E-state index in [2.05, 4.69) is 0 Å². The standard InChI is InChI=1S/C15H14F2O2/c1-10(18)13-4-2-3-5-15(13)19-9-11-8-12(16)6-7-14(11)17/h2-8,10,18H,9H2,1H3/t10-/m1/s1. The van der Waals surface area contributed by atoms with Crippen LogP contribution in [0.5, 0.6) is 5.75 Å². The maximum absolute atomic E-state index is 13.4. The van der Waals surface area contributed by atoms with Gasteiger partial charge in [-0.05, 0) is 31.2 Å². The van der Waals surface area contributed by atoms with Gasteiger partial charge in [-0.15, -0.1) is 0 Å². The van der Waals surface area contributed by atoms with Crippen molar-refractivity contribution in [2.45, 2.75) is 19.6 Å². The van der Waals surface area contributed by atoms with Crippen LogP contribution in [0.3, 0.4) is 0 Å². The summed E-state index contributed by atoms with van der Waals surface area (Å²) in [4.78, 5) is 0. The molecule has 0 heterocycles. The summed E-state index contributed by atoms with van der Waals surface area (Å²) in [7, 11) is 0. The Kier molecular flexibility index (Phi) is 4.12. The number of para-hydroxylation sites is 1. The first-order valence-electron chi connectivity index (χ1n) is 5.91. The highest BCUT2D eigenvalue weighted by molar-refractivity contribution is 5.35. The molecular formula is C15H14F2O2. The number of ether oxygens (including phenoxy) is 1. The maximum atomic E-state index is 13.4. The molecule has 0 spiro atoms. The second-order valence-electron chi connectivity index (χ2n) is 4.24. The van der Waals surface area contributed by atoms with Gasteiger partial charge in [0, 0.05) is 11.1 Å². The number of aliphatic hydroxyl groups is 1. The summed E-state index contributed by atoms with van der Waals surface area (Å²) in [6, 6.07) is 10.2. The molecule has 0 unspecified atom stereocenters. The summed E-state index contributed by atoms with van der Waals surface area (Å²) in [6.07, 6.45) is -0.687. The van der Waals surface area contributed by atoms with E-state index in [0.717, 1.165) is 18.2 Å². The van der Waals surface area contributed by atoms with Crippen LogP contribution >= 0.6 is 0 Å². The van der Waals surface area contributed by atoms with Crippen molar-refractivity contribution >= 4 is 0 Å². The molecular weight excluding hydrogens is 250 g/mol. The van der Waals surface area contributed by atoms with Gasteiger partial charge in [0.05, 0.1) is 6.10 Å². The van der Waals surface area contributed by atoms with Crippen LogP contribution in [0.4, 0.5) is 8.78 Å². The quantitative estimate of drug-likeness (QED) is 0.914. The summed E-state index contributed by atoms with van der Waals surface area (Å²) in [6.45, 7) is 1.53. The summed E-state index contributed by atoms with van der Waals surface area (Å²) in [5.41, 5.74) is 0.750. The van der Waals surface area contributed by atoms with Crippen molar-refractivity contribution in [3.63, 3.8) is 0 Å². The Hall–Kier alpha value is -1.94. The molecule has 0 aliphatic carbocycles. The van der Waals surface area contributed by atoms with Gasteiger partial charge in [0.25, 0.3) is 0 Å². The van der Waals surface area contributed by atoms with E-state index in [1.165, 1.54) is 0 Å². The molecule has 0 amide bonds. The average molecular weight is 264 g/mol. The van der Waals surface area contributed by atoms with E-state index < -0.39 is 17.7 Å². The molecule has 0 fully saturated rings. The molecule has 100 valence electrons. The molecule has 1 atom stereocenters. The molecule has 0 aliphatic rings. The van der Waals surface area contributed by atoms with Crippen LogP contribution < -0.4 is 4.74 Å². The zero-order chi connectivity index (χ0) is 13.8. The van der Waals surface area contributed by atoms with Crippen LogP contribution in [-0.2, 0) is 6.61 Å². The predicted molar refractivity (Wildman–Crippen MR) is 67.8 cm³/mol. The number of halogens is 2. The third kappa shape index (κ3) is 3.29. The normalized spacial score (nSPS) is 12.2. The predicted octanol–water partition coefficient (Wildman–Crippen LogP) is 3.60. The Morgan fingerprint density at radius 3 is 2.63 bits per heavy atom. The van der Waals surface area contributed by atoms with Crippen molar-refractivity contribution < 1.29 is 18.6 Å². The van der Waals surface area contributed by atoms with Gasteiger partial charge < -0.3 is 9.84 Å². The molecule has 0 radical (unpaired) electrons. The van der Waals surface area contributed by atoms with Gasteiger partial charge >= 0.3 is 0 Å². The second-order valence-corrected chi connectivity index (χ2v) is 4.24. The van der Waals surface area contributed by atoms with E-state index in [1.807, 2.05) is 0 Å². The van der Waals surface area contributed by atoms with Crippen molar-refractivity contribution in [2.24, 2.45) is 0 Å². The van der Waals surface area contributed by atoms with Gasteiger partial charge in [-0.3, -0.25) is 0 Å². The lowest BCUT2D eigenvalue weighted by Gasteiger charge is -2.13. The van der Waals surface area contributed by atoms with Gasteiger partial charge in [-0.2, -0.15) is 0 Å². The molecule has 0 aromatic heterocycles. The van der Waals surface area contributed by atoms with Crippen LogP contribution in [0.25, 0.3) is 0 Å². The van der Waals surface area contributed by atoms with E-state index >= 15 is 0 Å². The molecule has 1 N–H and O–H groups in total. The van der Waals surface area contributed by atoms with Gasteiger partial charge in [0.15, 0.2) is 0 Å². The lowest BCUT2D eigenvalue weighted by atomic mass is 10.1.